The molecule has 2 aromatic rings. The lowest BCUT2D eigenvalue weighted by molar-refractivity contribution is 0.290. The van der Waals surface area contributed by atoms with Gasteiger partial charge in [-0.2, -0.15) is 8.42 Å². The predicted molar refractivity (Wildman–Crippen MR) is 76.3 cm³/mol. The molecule has 1 aliphatic rings. The van der Waals surface area contributed by atoms with Gasteiger partial charge in [-0.1, -0.05) is 30.3 Å². The van der Waals surface area contributed by atoms with E-state index in [2.05, 4.69) is 4.99 Å². The first-order valence-corrected chi connectivity index (χ1v) is 7.24. The summed E-state index contributed by atoms with van der Waals surface area (Å²) in [6.45, 7) is 0.234. The van der Waals surface area contributed by atoms with E-state index in [4.69, 9.17) is 4.74 Å². The molecule has 1 aliphatic heterocycles. The molecule has 3 rings (SSSR count). The summed E-state index contributed by atoms with van der Waals surface area (Å²) in [6, 6.07) is 12.0. The van der Waals surface area contributed by atoms with Crippen molar-refractivity contribution in [2.75, 3.05) is 0 Å². The van der Waals surface area contributed by atoms with Crippen LogP contribution in [0, 0.1) is 5.82 Å². The van der Waals surface area contributed by atoms with Crippen molar-refractivity contribution in [2.45, 2.75) is 6.61 Å². The van der Waals surface area contributed by atoms with Crippen LogP contribution in [-0.2, 0) is 16.9 Å². The van der Waals surface area contributed by atoms with Gasteiger partial charge >= 0.3 is 0 Å². The van der Waals surface area contributed by atoms with Gasteiger partial charge in [0.15, 0.2) is 16.6 Å². The Kier molecular flexibility index (Phi) is 3.53. The Morgan fingerprint density at radius 2 is 1.90 bits per heavy atom. The van der Waals surface area contributed by atoms with Gasteiger partial charge in [-0.15, -0.1) is 0 Å². The van der Waals surface area contributed by atoms with Gasteiger partial charge in [-0.25, -0.2) is 9.38 Å². The molecule has 0 saturated heterocycles. The van der Waals surface area contributed by atoms with Crippen LogP contribution in [0.25, 0.3) is 6.08 Å². The molecule has 0 fully saturated rings. The van der Waals surface area contributed by atoms with E-state index >= 15 is 0 Å². The maximum absolute atomic E-state index is 13.9. The van der Waals surface area contributed by atoms with Crippen molar-refractivity contribution in [2.24, 2.45) is 4.99 Å². The number of hydrogen-bond donors (Lipinski definition) is 0. The molecule has 2 aromatic carbocycles. The molecule has 0 amide bonds. The van der Waals surface area contributed by atoms with E-state index in [-0.39, 0.29) is 17.3 Å². The summed E-state index contributed by atoms with van der Waals surface area (Å²) in [7, 11) is -2.43. The predicted octanol–water partition coefficient (Wildman–Crippen LogP) is 0.827. The first-order valence-electron chi connectivity index (χ1n) is 6.16. The number of hydrogen-bond acceptors (Lipinski definition) is 3. The van der Waals surface area contributed by atoms with E-state index in [9.17, 15) is 12.8 Å². The molecule has 0 saturated carbocycles. The van der Waals surface area contributed by atoms with Crippen molar-refractivity contribution in [1.82, 2.24) is 0 Å². The zero-order chi connectivity index (χ0) is 14.8. The molecular formula is C15H10FNO3S. The van der Waals surface area contributed by atoms with Crippen molar-refractivity contribution in [3.05, 3.63) is 64.4 Å². The van der Waals surface area contributed by atoms with Crippen LogP contribution < -0.4 is 15.3 Å². The number of benzene rings is 2. The fourth-order valence-electron chi connectivity index (χ4n) is 1.99. The first-order chi connectivity index (χ1) is 10.1. The van der Waals surface area contributed by atoms with Gasteiger partial charge in [0, 0.05) is 11.3 Å². The molecule has 106 valence electrons. The third-order valence-electron chi connectivity index (χ3n) is 3.00. The van der Waals surface area contributed by atoms with Crippen molar-refractivity contribution in [1.29, 1.82) is 0 Å². The second-order valence-electron chi connectivity index (χ2n) is 4.44. The van der Waals surface area contributed by atoms with Crippen molar-refractivity contribution in [3.8, 4) is 5.75 Å². The quantitative estimate of drug-likeness (QED) is 0.789. The highest BCUT2D eigenvalue weighted by atomic mass is 32.2. The van der Waals surface area contributed by atoms with Gasteiger partial charge < -0.3 is 4.74 Å². The van der Waals surface area contributed by atoms with Gasteiger partial charge in [0.05, 0.1) is 5.36 Å². The van der Waals surface area contributed by atoms with Gasteiger partial charge in [-0.05, 0) is 17.7 Å². The molecule has 0 bridgehead atoms. The van der Waals surface area contributed by atoms with E-state index in [1.54, 1.807) is 0 Å². The summed E-state index contributed by atoms with van der Waals surface area (Å²) in [6.07, 6.45) is 1.38. The molecule has 0 spiro atoms. The van der Waals surface area contributed by atoms with Crippen LogP contribution >= 0.6 is 0 Å². The fraction of sp³-hybridized carbons (Fsp3) is 0.0667. The van der Waals surface area contributed by atoms with Crippen molar-refractivity contribution >= 4 is 21.4 Å². The Morgan fingerprint density at radius 1 is 1.14 bits per heavy atom. The molecular weight excluding hydrogens is 293 g/mol. The summed E-state index contributed by atoms with van der Waals surface area (Å²) >= 11 is 0. The molecule has 0 aromatic heterocycles. The Labute approximate surface area is 121 Å². The standard InChI is InChI=1S/C15H10FNO3S/c16-12-8-13-11(7-15(17-13)21(18)19)6-14(12)20-9-10-4-2-1-3-5-10/h1-8H,9H2. The Hall–Kier alpha value is -2.47. The topological polar surface area (TPSA) is 55.7 Å². The molecule has 0 N–H and O–H groups in total. The van der Waals surface area contributed by atoms with Crippen LogP contribution in [0.3, 0.4) is 0 Å². The Bertz CT molecular complexity index is 942. The Morgan fingerprint density at radius 3 is 2.62 bits per heavy atom. The first kappa shape index (κ1) is 13.5. The maximum atomic E-state index is 13.9. The average Bonchev–Trinajstić information content (AvgIpc) is 2.89. The zero-order valence-corrected chi connectivity index (χ0v) is 11.6. The number of fused-ring (bicyclic) bond motifs is 1. The second kappa shape index (κ2) is 5.49. The van der Waals surface area contributed by atoms with Crippen molar-refractivity contribution < 1.29 is 17.5 Å². The summed E-state index contributed by atoms with van der Waals surface area (Å²) in [5.74, 6) is -0.498. The highest BCUT2D eigenvalue weighted by Crippen LogP contribution is 2.14. The van der Waals surface area contributed by atoms with Crippen LogP contribution in [0.4, 0.5) is 4.39 Å². The zero-order valence-electron chi connectivity index (χ0n) is 10.8. The van der Waals surface area contributed by atoms with E-state index < -0.39 is 16.1 Å². The van der Waals surface area contributed by atoms with Crippen LogP contribution in [-0.4, -0.2) is 13.4 Å². The lowest BCUT2D eigenvalue weighted by atomic mass is 10.2. The largest absolute Gasteiger partial charge is 0.486 e. The Balaban J connectivity index is 1.94. The van der Waals surface area contributed by atoms with E-state index in [1.165, 1.54) is 18.2 Å². The number of halogens is 1. The molecule has 0 aliphatic carbocycles. The maximum Gasteiger partial charge on any atom is 0.240 e. The molecule has 21 heavy (non-hydrogen) atoms. The highest BCUT2D eigenvalue weighted by Gasteiger charge is 2.10. The van der Waals surface area contributed by atoms with Gasteiger partial charge in [-0.3, -0.25) is 0 Å². The lowest BCUT2D eigenvalue weighted by Gasteiger charge is -2.06. The SMILES string of the molecule is O=S(=O)=C1C=c2cc(OCc3ccccc3)c(F)cc2=N1. The fourth-order valence-corrected chi connectivity index (χ4v) is 2.38. The third kappa shape index (κ3) is 2.85. The van der Waals surface area contributed by atoms with Gasteiger partial charge in [0.25, 0.3) is 0 Å². The molecule has 0 unspecified atom stereocenters. The second-order valence-corrected chi connectivity index (χ2v) is 5.33. The summed E-state index contributed by atoms with van der Waals surface area (Å²) in [4.78, 5) is 3.72. The highest BCUT2D eigenvalue weighted by molar-refractivity contribution is 7.73. The smallest absolute Gasteiger partial charge is 0.240 e. The molecule has 4 nitrogen and oxygen atoms in total. The van der Waals surface area contributed by atoms with Crippen LogP contribution in [0.2, 0.25) is 0 Å². The lowest BCUT2D eigenvalue weighted by Crippen LogP contribution is -2.22. The van der Waals surface area contributed by atoms with E-state index in [1.807, 2.05) is 30.3 Å². The van der Waals surface area contributed by atoms with Gasteiger partial charge in [0.2, 0.25) is 10.3 Å². The van der Waals surface area contributed by atoms with Gasteiger partial charge in [0.1, 0.15) is 6.61 Å². The normalized spacial score (nSPS) is 12.3. The number of ether oxygens (including phenoxy) is 1. The van der Waals surface area contributed by atoms with Crippen LogP contribution in [0.5, 0.6) is 5.75 Å². The molecule has 0 atom stereocenters. The minimum atomic E-state index is -2.43. The summed E-state index contributed by atoms with van der Waals surface area (Å²) in [5.41, 5.74) is 0.916. The van der Waals surface area contributed by atoms with E-state index in [0.717, 1.165) is 5.56 Å². The summed E-state index contributed by atoms with van der Waals surface area (Å²) in [5, 5.41) is 0.817. The minimum absolute atomic E-state index is 0.0713. The molecule has 6 heteroatoms. The molecule has 0 radical (unpaired) electrons. The molecule has 1 heterocycles. The van der Waals surface area contributed by atoms with Crippen LogP contribution in [0.1, 0.15) is 5.56 Å². The summed E-state index contributed by atoms with van der Waals surface area (Å²) < 4.78 is 41.1. The number of rotatable bonds is 3. The average molecular weight is 303 g/mol. The number of nitrogens with zero attached hydrogens (tertiary/aromatic N) is 1. The van der Waals surface area contributed by atoms with Crippen molar-refractivity contribution in [3.63, 3.8) is 0 Å². The third-order valence-corrected chi connectivity index (χ3v) is 3.55. The van der Waals surface area contributed by atoms with E-state index in [0.29, 0.717) is 10.6 Å². The monoisotopic (exact) mass is 303 g/mol. The minimum Gasteiger partial charge on any atom is -0.486 e. The van der Waals surface area contributed by atoms with Crippen LogP contribution in [0.15, 0.2) is 47.5 Å².